The predicted octanol–water partition coefficient (Wildman–Crippen LogP) is 1.38. The molecule has 0 heterocycles. The molecule has 18 heavy (non-hydrogen) atoms. The van der Waals surface area contributed by atoms with Crippen LogP contribution in [0.1, 0.15) is 12.5 Å². The van der Waals surface area contributed by atoms with Gasteiger partial charge in [-0.15, -0.1) is 0 Å². The Morgan fingerprint density at radius 1 is 1.11 bits per heavy atom. The normalized spacial score (nSPS) is 9.72. The second kappa shape index (κ2) is 6.64. The van der Waals surface area contributed by atoms with Crippen molar-refractivity contribution >= 4 is 11.8 Å². The zero-order chi connectivity index (χ0) is 13.5. The molecule has 0 atom stereocenters. The molecule has 0 radical (unpaired) electrons. The molecule has 1 aromatic carbocycles. The molecule has 0 spiro atoms. The minimum absolute atomic E-state index is 0.169. The van der Waals surface area contributed by atoms with E-state index in [9.17, 15) is 9.59 Å². The number of hydrogen-bond donors (Lipinski definition) is 0. The van der Waals surface area contributed by atoms with Gasteiger partial charge >= 0.3 is 5.97 Å². The maximum Gasteiger partial charge on any atom is 0.303 e. The quantitative estimate of drug-likeness (QED) is 0.716. The summed E-state index contributed by atoms with van der Waals surface area (Å²) in [4.78, 5) is 22.1. The molecular weight excluding hydrogens is 236 g/mol. The molecular formula is C13H16O5. The largest absolute Gasteiger partial charge is 0.493 e. The molecule has 0 fully saturated rings. The standard InChI is InChI=1S/C13H16O5/c1-9(14)18-8-11(15)6-10-4-5-12(16-2)13(7-10)17-3/h4-5,7H,6,8H2,1-3H3. The van der Waals surface area contributed by atoms with E-state index >= 15 is 0 Å². The van der Waals surface area contributed by atoms with E-state index in [0.29, 0.717) is 11.5 Å². The predicted molar refractivity (Wildman–Crippen MR) is 64.9 cm³/mol. The number of carbonyl (C=O) groups is 2. The fraction of sp³-hybridized carbons (Fsp3) is 0.385. The Bertz CT molecular complexity index is 439. The van der Waals surface area contributed by atoms with Crippen molar-refractivity contribution in [2.45, 2.75) is 13.3 Å². The van der Waals surface area contributed by atoms with Gasteiger partial charge in [0.15, 0.2) is 17.3 Å². The molecule has 0 bridgehead atoms. The Morgan fingerprint density at radius 3 is 2.33 bits per heavy atom. The Balaban J connectivity index is 2.67. The Hall–Kier alpha value is -2.04. The lowest BCUT2D eigenvalue weighted by molar-refractivity contribution is -0.145. The van der Waals surface area contributed by atoms with Crippen LogP contribution in [-0.2, 0) is 20.7 Å². The first-order chi connectivity index (χ1) is 8.56. The van der Waals surface area contributed by atoms with Gasteiger partial charge in [-0.05, 0) is 17.7 Å². The van der Waals surface area contributed by atoms with E-state index in [1.807, 2.05) is 0 Å². The Kier molecular flexibility index (Phi) is 5.17. The number of hydrogen-bond acceptors (Lipinski definition) is 5. The van der Waals surface area contributed by atoms with Gasteiger partial charge in [-0.1, -0.05) is 6.07 Å². The number of benzene rings is 1. The van der Waals surface area contributed by atoms with Crippen LogP contribution in [0.15, 0.2) is 18.2 Å². The van der Waals surface area contributed by atoms with E-state index in [1.54, 1.807) is 25.3 Å². The average Bonchev–Trinajstić information content (AvgIpc) is 2.36. The third-order valence-corrected chi connectivity index (χ3v) is 2.29. The molecule has 0 saturated carbocycles. The maximum absolute atomic E-state index is 11.5. The van der Waals surface area contributed by atoms with Crippen molar-refractivity contribution in [1.82, 2.24) is 0 Å². The number of Topliss-reactive ketones (excluding diaryl/α,β-unsaturated/α-hetero) is 1. The molecule has 0 aliphatic heterocycles. The average molecular weight is 252 g/mol. The van der Waals surface area contributed by atoms with E-state index in [0.717, 1.165) is 5.56 Å². The number of ketones is 1. The third-order valence-electron chi connectivity index (χ3n) is 2.29. The Morgan fingerprint density at radius 2 is 1.78 bits per heavy atom. The summed E-state index contributed by atoms with van der Waals surface area (Å²) in [5, 5.41) is 0. The molecule has 1 aromatic rings. The topological polar surface area (TPSA) is 61.8 Å². The fourth-order valence-corrected chi connectivity index (χ4v) is 1.45. The molecule has 1 rings (SSSR count). The molecule has 0 saturated heterocycles. The lowest BCUT2D eigenvalue weighted by atomic mass is 10.1. The van der Waals surface area contributed by atoms with Gasteiger partial charge in [0.25, 0.3) is 0 Å². The van der Waals surface area contributed by atoms with Crippen LogP contribution in [0.2, 0.25) is 0 Å². The highest BCUT2D eigenvalue weighted by Gasteiger charge is 2.09. The van der Waals surface area contributed by atoms with Crippen LogP contribution in [0.4, 0.5) is 0 Å². The first kappa shape index (κ1) is 14.0. The van der Waals surface area contributed by atoms with Crippen molar-refractivity contribution < 1.29 is 23.8 Å². The minimum atomic E-state index is -0.462. The number of ether oxygens (including phenoxy) is 3. The zero-order valence-electron chi connectivity index (χ0n) is 10.7. The van der Waals surface area contributed by atoms with Crippen LogP contribution < -0.4 is 9.47 Å². The first-order valence-electron chi connectivity index (χ1n) is 5.42. The van der Waals surface area contributed by atoms with E-state index in [1.165, 1.54) is 14.0 Å². The van der Waals surface area contributed by atoms with Crippen LogP contribution in [0, 0.1) is 0 Å². The van der Waals surface area contributed by atoms with E-state index in [4.69, 9.17) is 9.47 Å². The fourth-order valence-electron chi connectivity index (χ4n) is 1.45. The van der Waals surface area contributed by atoms with Gasteiger partial charge in [-0.3, -0.25) is 9.59 Å². The van der Waals surface area contributed by atoms with Crippen molar-refractivity contribution in [1.29, 1.82) is 0 Å². The van der Waals surface area contributed by atoms with Crippen LogP contribution in [-0.4, -0.2) is 32.6 Å². The lowest BCUT2D eigenvalue weighted by Crippen LogP contribution is -2.13. The molecule has 0 aliphatic rings. The zero-order valence-corrected chi connectivity index (χ0v) is 10.7. The summed E-state index contributed by atoms with van der Waals surface area (Å²) >= 11 is 0. The van der Waals surface area contributed by atoms with Gasteiger partial charge in [-0.25, -0.2) is 0 Å². The van der Waals surface area contributed by atoms with Crippen LogP contribution in [0.3, 0.4) is 0 Å². The summed E-state index contributed by atoms with van der Waals surface area (Å²) in [5.74, 6) is 0.539. The van der Waals surface area contributed by atoms with Gasteiger partial charge < -0.3 is 14.2 Å². The maximum atomic E-state index is 11.5. The number of carbonyl (C=O) groups excluding carboxylic acids is 2. The molecule has 5 nitrogen and oxygen atoms in total. The molecule has 0 N–H and O–H groups in total. The van der Waals surface area contributed by atoms with E-state index in [2.05, 4.69) is 4.74 Å². The molecule has 98 valence electrons. The molecule has 0 aliphatic carbocycles. The number of esters is 1. The van der Waals surface area contributed by atoms with Crippen molar-refractivity contribution in [2.24, 2.45) is 0 Å². The number of rotatable bonds is 6. The second-order valence-electron chi connectivity index (χ2n) is 3.69. The first-order valence-corrected chi connectivity index (χ1v) is 5.42. The highest BCUT2D eigenvalue weighted by molar-refractivity contribution is 5.84. The van der Waals surface area contributed by atoms with Crippen molar-refractivity contribution in [3.63, 3.8) is 0 Å². The van der Waals surface area contributed by atoms with Crippen molar-refractivity contribution in [3.8, 4) is 11.5 Å². The summed E-state index contributed by atoms with van der Waals surface area (Å²) in [6, 6.07) is 5.23. The second-order valence-corrected chi connectivity index (χ2v) is 3.69. The van der Waals surface area contributed by atoms with Gasteiger partial charge in [0, 0.05) is 13.3 Å². The summed E-state index contributed by atoms with van der Waals surface area (Å²) in [6.07, 6.45) is 0.188. The summed E-state index contributed by atoms with van der Waals surface area (Å²) in [7, 11) is 3.08. The van der Waals surface area contributed by atoms with Gasteiger partial charge in [0.05, 0.1) is 14.2 Å². The van der Waals surface area contributed by atoms with Crippen molar-refractivity contribution in [3.05, 3.63) is 23.8 Å². The monoisotopic (exact) mass is 252 g/mol. The highest BCUT2D eigenvalue weighted by atomic mass is 16.5. The van der Waals surface area contributed by atoms with E-state index in [-0.39, 0.29) is 18.8 Å². The van der Waals surface area contributed by atoms with E-state index < -0.39 is 5.97 Å². The van der Waals surface area contributed by atoms with Gasteiger partial charge in [0.2, 0.25) is 0 Å². The summed E-state index contributed by atoms with van der Waals surface area (Å²) in [6.45, 7) is 1.06. The highest BCUT2D eigenvalue weighted by Crippen LogP contribution is 2.27. The van der Waals surface area contributed by atoms with Crippen LogP contribution in [0.5, 0.6) is 11.5 Å². The third kappa shape index (κ3) is 4.08. The van der Waals surface area contributed by atoms with Crippen LogP contribution >= 0.6 is 0 Å². The SMILES string of the molecule is COc1ccc(CC(=O)COC(C)=O)cc1OC. The van der Waals surface area contributed by atoms with Gasteiger partial charge in [0.1, 0.15) is 6.61 Å². The molecule has 0 amide bonds. The lowest BCUT2D eigenvalue weighted by Gasteiger charge is -2.09. The molecule has 5 heteroatoms. The summed E-state index contributed by atoms with van der Waals surface area (Å²) in [5.41, 5.74) is 0.782. The number of methoxy groups -OCH3 is 2. The van der Waals surface area contributed by atoms with Crippen LogP contribution in [0.25, 0.3) is 0 Å². The van der Waals surface area contributed by atoms with Gasteiger partial charge in [-0.2, -0.15) is 0 Å². The Labute approximate surface area is 106 Å². The summed E-state index contributed by atoms with van der Waals surface area (Å²) < 4.78 is 14.9. The smallest absolute Gasteiger partial charge is 0.303 e. The molecule has 0 aromatic heterocycles. The van der Waals surface area contributed by atoms with Crippen molar-refractivity contribution in [2.75, 3.05) is 20.8 Å². The minimum Gasteiger partial charge on any atom is -0.493 e. The molecule has 0 unspecified atom stereocenters.